The van der Waals surface area contributed by atoms with Gasteiger partial charge in [0.15, 0.2) is 0 Å². The van der Waals surface area contributed by atoms with Gasteiger partial charge in [-0.2, -0.15) is 10.4 Å². The van der Waals surface area contributed by atoms with Gasteiger partial charge in [0.1, 0.15) is 5.82 Å². The number of rotatable bonds is 3. The summed E-state index contributed by atoms with van der Waals surface area (Å²) >= 11 is 0. The summed E-state index contributed by atoms with van der Waals surface area (Å²) in [5, 5.41) is 20.1. The first-order valence-electron chi connectivity index (χ1n) is 5.94. The highest BCUT2D eigenvalue weighted by Crippen LogP contribution is 2.14. The Morgan fingerprint density at radius 2 is 2.18 bits per heavy atom. The Kier molecular flexibility index (Phi) is 3.89. The molecule has 1 fully saturated rings. The topological polar surface area (TPSA) is 64.8 Å². The molecule has 90 valence electrons. The Bertz CT molecular complexity index is 386. The van der Waals surface area contributed by atoms with Crippen molar-refractivity contribution in [2.45, 2.75) is 25.8 Å². The zero-order valence-electron chi connectivity index (χ0n) is 10.1. The normalized spacial score (nSPS) is 17.6. The van der Waals surface area contributed by atoms with Gasteiger partial charge in [0.25, 0.3) is 0 Å². The summed E-state index contributed by atoms with van der Waals surface area (Å²) in [6.07, 6.45) is 2.11. The quantitative estimate of drug-likeness (QED) is 0.791. The van der Waals surface area contributed by atoms with E-state index < -0.39 is 0 Å². The van der Waals surface area contributed by atoms with Crippen LogP contribution in [0.4, 0.5) is 5.82 Å². The van der Waals surface area contributed by atoms with Gasteiger partial charge in [-0.1, -0.05) is 0 Å². The van der Waals surface area contributed by atoms with Crippen molar-refractivity contribution in [2.24, 2.45) is 0 Å². The molecule has 0 spiro atoms. The fourth-order valence-corrected chi connectivity index (χ4v) is 2.02. The molecule has 2 rings (SSSR count). The van der Waals surface area contributed by atoms with E-state index in [-0.39, 0.29) is 0 Å². The zero-order valence-corrected chi connectivity index (χ0v) is 10.1. The van der Waals surface area contributed by atoms with Gasteiger partial charge in [-0.3, -0.25) is 4.90 Å². The molecule has 2 heterocycles. The van der Waals surface area contributed by atoms with Crippen LogP contribution in [-0.2, 0) is 0 Å². The summed E-state index contributed by atoms with van der Waals surface area (Å²) < 4.78 is 0. The lowest BCUT2D eigenvalue weighted by molar-refractivity contribution is 0.242. The van der Waals surface area contributed by atoms with Crippen LogP contribution >= 0.6 is 0 Å². The fourth-order valence-electron chi connectivity index (χ4n) is 2.02. The summed E-state index contributed by atoms with van der Waals surface area (Å²) in [6, 6.07) is 6.56. The molecule has 0 bridgehead atoms. The number of aromatic nitrogens is 2. The number of hydrogen-bond donors (Lipinski definition) is 1. The lowest BCUT2D eigenvalue weighted by atomic mass is 10.1. The molecule has 5 heteroatoms. The van der Waals surface area contributed by atoms with Crippen LogP contribution in [-0.4, -0.2) is 40.8 Å². The molecule has 17 heavy (non-hydrogen) atoms. The van der Waals surface area contributed by atoms with Crippen LogP contribution in [0.25, 0.3) is 0 Å². The first kappa shape index (κ1) is 11.8. The summed E-state index contributed by atoms with van der Waals surface area (Å²) in [4.78, 5) is 2.18. The van der Waals surface area contributed by atoms with Crippen molar-refractivity contribution in [3.05, 3.63) is 17.8 Å². The average molecular weight is 231 g/mol. The second-order valence-corrected chi connectivity index (χ2v) is 4.41. The Hall–Kier alpha value is -1.67. The van der Waals surface area contributed by atoms with Gasteiger partial charge in [-0.25, -0.2) is 0 Å². The third-order valence-electron chi connectivity index (χ3n) is 3.03. The van der Waals surface area contributed by atoms with Crippen LogP contribution in [0, 0.1) is 18.3 Å². The van der Waals surface area contributed by atoms with E-state index in [9.17, 15) is 0 Å². The minimum Gasteiger partial charge on any atom is -0.366 e. The van der Waals surface area contributed by atoms with E-state index in [0.29, 0.717) is 12.6 Å². The van der Waals surface area contributed by atoms with Gasteiger partial charge in [0.2, 0.25) is 0 Å². The minimum absolute atomic E-state index is 0.446. The van der Waals surface area contributed by atoms with Crippen LogP contribution in [0.5, 0.6) is 0 Å². The van der Waals surface area contributed by atoms with Gasteiger partial charge in [-0.05, 0) is 31.9 Å². The largest absolute Gasteiger partial charge is 0.366 e. The van der Waals surface area contributed by atoms with Crippen LogP contribution in [0.3, 0.4) is 0 Å². The monoisotopic (exact) mass is 231 g/mol. The molecule has 1 N–H and O–H groups in total. The number of hydrogen-bond acceptors (Lipinski definition) is 5. The van der Waals surface area contributed by atoms with Crippen LogP contribution in [0.1, 0.15) is 18.5 Å². The highest BCUT2D eigenvalue weighted by atomic mass is 15.2. The number of nitrogens with one attached hydrogen (secondary N) is 1. The van der Waals surface area contributed by atoms with Crippen LogP contribution in [0.2, 0.25) is 0 Å². The minimum atomic E-state index is 0.446. The van der Waals surface area contributed by atoms with Crippen molar-refractivity contribution >= 4 is 5.82 Å². The lowest BCUT2D eigenvalue weighted by Crippen LogP contribution is -2.39. The van der Waals surface area contributed by atoms with E-state index >= 15 is 0 Å². The number of piperidine rings is 1. The second-order valence-electron chi connectivity index (χ2n) is 4.41. The summed E-state index contributed by atoms with van der Waals surface area (Å²) in [6.45, 7) is 4.42. The Balaban J connectivity index is 1.82. The molecule has 1 aliphatic rings. The van der Waals surface area contributed by atoms with Gasteiger partial charge in [0.05, 0.1) is 18.3 Å². The van der Waals surface area contributed by atoms with E-state index in [1.54, 1.807) is 0 Å². The van der Waals surface area contributed by atoms with E-state index in [1.165, 1.54) is 0 Å². The maximum atomic E-state index is 8.62. The first-order valence-corrected chi connectivity index (χ1v) is 5.94. The fraction of sp³-hybridized carbons (Fsp3) is 0.583. The Morgan fingerprint density at radius 1 is 1.41 bits per heavy atom. The molecule has 1 aliphatic heterocycles. The SMILES string of the molecule is Cc1ccc(NC2CCN(CC#N)CC2)nn1. The van der Waals surface area contributed by atoms with Crippen LogP contribution in [0.15, 0.2) is 12.1 Å². The molecule has 0 saturated carbocycles. The van der Waals surface area contributed by atoms with Crippen LogP contribution < -0.4 is 5.32 Å². The average Bonchev–Trinajstić information content (AvgIpc) is 2.35. The lowest BCUT2D eigenvalue weighted by Gasteiger charge is -2.30. The number of anilines is 1. The van der Waals surface area contributed by atoms with Gasteiger partial charge < -0.3 is 5.32 Å². The molecule has 0 atom stereocenters. The highest BCUT2D eigenvalue weighted by molar-refractivity contribution is 5.34. The smallest absolute Gasteiger partial charge is 0.148 e. The summed E-state index contributed by atoms with van der Waals surface area (Å²) in [5.41, 5.74) is 0.930. The molecule has 1 aromatic rings. The van der Waals surface area contributed by atoms with Crippen molar-refractivity contribution in [1.29, 1.82) is 5.26 Å². The van der Waals surface area contributed by atoms with E-state index in [4.69, 9.17) is 5.26 Å². The molecule has 0 aliphatic carbocycles. The molecule has 0 aromatic carbocycles. The van der Waals surface area contributed by atoms with Gasteiger partial charge in [0, 0.05) is 19.1 Å². The van der Waals surface area contributed by atoms with Crippen molar-refractivity contribution < 1.29 is 0 Å². The number of nitriles is 1. The van der Waals surface area contributed by atoms with Gasteiger partial charge >= 0.3 is 0 Å². The number of likely N-dealkylation sites (tertiary alicyclic amines) is 1. The van der Waals surface area contributed by atoms with Crippen molar-refractivity contribution in [1.82, 2.24) is 15.1 Å². The molecule has 0 unspecified atom stereocenters. The number of nitrogens with zero attached hydrogens (tertiary/aromatic N) is 4. The second kappa shape index (κ2) is 5.60. The third kappa shape index (κ3) is 3.40. The Morgan fingerprint density at radius 3 is 2.76 bits per heavy atom. The van der Waals surface area contributed by atoms with Crippen molar-refractivity contribution in [3.63, 3.8) is 0 Å². The van der Waals surface area contributed by atoms with E-state index in [2.05, 4.69) is 26.5 Å². The molecule has 0 radical (unpaired) electrons. The predicted octanol–water partition coefficient (Wildman–Crippen LogP) is 1.18. The molecular weight excluding hydrogens is 214 g/mol. The van der Waals surface area contributed by atoms with Crippen molar-refractivity contribution in [3.8, 4) is 6.07 Å². The maximum absolute atomic E-state index is 8.62. The molecule has 0 amide bonds. The van der Waals surface area contributed by atoms with Gasteiger partial charge in [-0.15, -0.1) is 5.10 Å². The highest BCUT2D eigenvalue weighted by Gasteiger charge is 2.18. The number of aryl methyl sites for hydroxylation is 1. The molecule has 5 nitrogen and oxygen atoms in total. The molecule has 1 aromatic heterocycles. The first-order chi connectivity index (χ1) is 8.28. The van der Waals surface area contributed by atoms with E-state index in [1.807, 2.05) is 19.1 Å². The Labute approximate surface area is 101 Å². The molecule has 1 saturated heterocycles. The standard InChI is InChI=1S/C12H17N5/c1-10-2-3-12(16-15-10)14-11-4-7-17(8-5-11)9-6-13/h2-3,11H,4-5,7-9H2,1H3,(H,14,16). The maximum Gasteiger partial charge on any atom is 0.148 e. The van der Waals surface area contributed by atoms with E-state index in [0.717, 1.165) is 37.4 Å². The summed E-state index contributed by atoms with van der Waals surface area (Å²) in [5.74, 6) is 0.842. The summed E-state index contributed by atoms with van der Waals surface area (Å²) in [7, 11) is 0. The van der Waals surface area contributed by atoms with Crippen molar-refractivity contribution in [2.75, 3.05) is 25.0 Å². The molecular formula is C12H17N5. The predicted molar refractivity (Wildman–Crippen MR) is 65.5 cm³/mol. The third-order valence-corrected chi connectivity index (χ3v) is 3.03. The zero-order chi connectivity index (χ0) is 12.1.